The van der Waals surface area contributed by atoms with Gasteiger partial charge < -0.3 is 5.11 Å². The molecule has 20 heavy (non-hydrogen) atoms. The van der Waals surface area contributed by atoms with Gasteiger partial charge in [-0.3, -0.25) is 0 Å². The number of nitrogens with zero attached hydrogens (tertiary/aromatic N) is 1. The van der Waals surface area contributed by atoms with Crippen molar-refractivity contribution in [2.75, 3.05) is 13.1 Å². The lowest BCUT2D eigenvalue weighted by molar-refractivity contribution is 0.165. The first-order valence-corrected chi connectivity index (χ1v) is 7.95. The van der Waals surface area contributed by atoms with E-state index >= 15 is 0 Å². The van der Waals surface area contributed by atoms with Gasteiger partial charge in [-0.25, -0.2) is 8.42 Å². The molecule has 106 valence electrons. The number of hydrogen-bond donors (Lipinski definition) is 1. The van der Waals surface area contributed by atoms with Crippen LogP contribution >= 0.6 is 0 Å². The van der Waals surface area contributed by atoms with Gasteiger partial charge in [0.1, 0.15) is 0 Å². The number of fused-ring (bicyclic) bond motifs is 1. The SMILES string of the molecule is Cc1ccc(S(=O)(=O)N2CC3=CC(C)(O)C=C3C2)cc1. The lowest BCUT2D eigenvalue weighted by Gasteiger charge is -2.17. The Labute approximate surface area is 119 Å². The van der Waals surface area contributed by atoms with Crippen LogP contribution in [0.5, 0.6) is 0 Å². The van der Waals surface area contributed by atoms with Crippen molar-refractivity contribution in [1.82, 2.24) is 4.31 Å². The largest absolute Gasteiger partial charge is 0.382 e. The standard InChI is InChI=1S/C15H17NO3S/c1-11-3-5-14(6-4-11)20(18,19)16-9-12-7-15(2,17)8-13(12)10-16/h3-8,17H,9-10H2,1-2H3. The fraction of sp³-hybridized carbons (Fsp3) is 0.333. The lowest BCUT2D eigenvalue weighted by Crippen LogP contribution is -2.29. The first kappa shape index (κ1) is 13.5. The van der Waals surface area contributed by atoms with Crippen LogP contribution in [0.2, 0.25) is 0 Å². The summed E-state index contributed by atoms with van der Waals surface area (Å²) in [6.07, 6.45) is 3.46. The summed E-state index contributed by atoms with van der Waals surface area (Å²) in [5.74, 6) is 0. The van der Waals surface area contributed by atoms with Crippen LogP contribution in [0.25, 0.3) is 0 Å². The molecule has 0 saturated carbocycles. The number of benzene rings is 1. The second kappa shape index (κ2) is 4.28. The smallest absolute Gasteiger partial charge is 0.243 e. The number of aryl methyl sites for hydroxylation is 1. The molecule has 0 spiro atoms. The molecule has 3 rings (SSSR count). The molecule has 0 amide bonds. The molecule has 1 N–H and O–H groups in total. The number of hydrogen-bond acceptors (Lipinski definition) is 3. The Bertz CT molecular complexity index is 688. The number of aliphatic hydroxyl groups is 1. The highest BCUT2D eigenvalue weighted by molar-refractivity contribution is 7.89. The monoisotopic (exact) mass is 291 g/mol. The highest BCUT2D eigenvalue weighted by atomic mass is 32.2. The summed E-state index contributed by atoms with van der Waals surface area (Å²) in [5.41, 5.74) is 1.91. The fourth-order valence-electron chi connectivity index (χ4n) is 2.69. The summed E-state index contributed by atoms with van der Waals surface area (Å²) in [6, 6.07) is 6.87. The van der Waals surface area contributed by atoms with Crippen LogP contribution in [-0.4, -0.2) is 36.5 Å². The third-order valence-electron chi connectivity index (χ3n) is 3.70. The molecule has 1 aromatic rings. The summed E-state index contributed by atoms with van der Waals surface area (Å²) in [6.45, 7) is 4.29. The predicted octanol–water partition coefficient (Wildman–Crippen LogP) is 1.62. The number of rotatable bonds is 2. The predicted molar refractivity (Wildman–Crippen MR) is 76.7 cm³/mol. The van der Waals surface area contributed by atoms with Gasteiger partial charge in [-0.05, 0) is 49.3 Å². The molecule has 5 heteroatoms. The van der Waals surface area contributed by atoms with E-state index in [-0.39, 0.29) is 0 Å². The molecule has 4 nitrogen and oxygen atoms in total. The van der Waals surface area contributed by atoms with Crippen LogP contribution in [0.4, 0.5) is 0 Å². The van der Waals surface area contributed by atoms with Crippen molar-refractivity contribution in [3.63, 3.8) is 0 Å². The van der Waals surface area contributed by atoms with Crippen molar-refractivity contribution in [3.05, 3.63) is 53.1 Å². The molecule has 0 radical (unpaired) electrons. The zero-order valence-corrected chi connectivity index (χ0v) is 12.3. The quantitative estimate of drug-likeness (QED) is 0.901. The van der Waals surface area contributed by atoms with Gasteiger partial charge in [-0.2, -0.15) is 4.31 Å². The Morgan fingerprint density at radius 2 is 1.60 bits per heavy atom. The van der Waals surface area contributed by atoms with Crippen molar-refractivity contribution < 1.29 is 13.5 Å². The minimum absolute atomic E-state index is 0.316. The normalized spacial score (nSPS) is 21.6. The molecule has 1 fully saturated rings. The summed E-state index contributed by atoms with van der Waals surface area (Å²) in [4.78, 5) is 0.316. The van der Waals surface area contributed by atoms with Gasteiger partial charge >= 0.3 is 0 Å². The van der Waals surface area contributed by atoms with Crippen LogP contribution in [0.1, 0.15) is 12.5 Å². The molecule has 0 aromatic heterocycles. The maximum atomic E-state index is 12.5. The summed E-state index contributed by atoms with van der Waals surface area (Å²) in [5, 5.41) is 9.92. The van der Waals surface area contributed by atoms with E-state index in [1.54, 1.807) is 43.3 Å². The lowest BCUT2D eigenvalue weighted by atomic mass is 10.1. The maximum Gasteiger partial charge on any atom is 0.243 e. The van der Waals surface area contributed by atoms with Crippen LogP contribution in [-0.2, 0) is 10.0 Å². The van der Waals surface area contributed by atoms with Crippen LogP contribution in [0.15, 0.2) is 52.5 Å². The summed E-state index contributed by atoms with van der Waals surface area (Å²) < 4.78 is 26.5. The van der Waals surface area contributed by atoms with Crippen molar-refractivity contribution >= 4 is 10.0 Å². The molecule has 1 heterocycles. The van der Waals surface area contributed by atoms with Crippen molar-refractivity contribution in [2.45, 2.75) is 24.3 Å². The van der Waals surface area contributed by atoms with Crippen molar-refractivity contribution in [3.8, 4) is 0 Å². The Hall–Kier alpha value is -1.43. The molecule has 0 atom stereocenters. The van der Waals surface area contributed by atoms with Crippen LogP contribution in [0, 0.1) is 6.92 Å². The van der Waals surface area contributed by atoms with Crippen LogP contribution in [0.3, 0.4) is 0 Å². The second-order valence-corrected chi connectivity index (χ2v) is 7.59. The average Bonchev–Trinajstić information content (AvgIpc) is 2.83. The Kier molecular flexibility index (Phi) is 2.90. The van der Waals surface area contributed by atoms with E-state index in [1.807, 2.05) is 6.92 Å². The van der Waals surface area contributed by atoms with Crippen LogP contribution < -0.4 is 0 Å². The molecule has 2 aliphatic rings. The minimum Gasteiger partial charge on any atom is -0.382 e. The van der Waals surface area contributed by atoms with Gasteiger partial charge in [0.05, 0.1) is 10.5 Å². The zero-order chi connectivity index (χ0) is 14.5. The van der Waals surface area contributed by atoms with Gasteiger partial charge in [-0.15, -0.1) is 0 Å². The van der Waals surface area contributed by atoms with Gasteiger partial charge in [0.2, 0.25) is 10.0 Å². The second-order valence-electron chi connectivity index (χ2n) is 5.65. The minimum atomic E-state index is -3.46. The highest BCUT2D eigenvalue weighted by Crippen LogP contribution is 2.35. The highest BCUT2D eigenvalue weighted by Gasteiger charge is 2.37. The Balaban J connectivity index is 1.89. The molecule has 0 unspecified atom stereocenters. The third-order valence-corrected chi connectivity index (χ3v) is 5.50. The first-order chi connectivity index (χ1) is 9.28. The van der Waals surface area contributed by atoms with Gasteiger partial charge in [0.25, 0.3) is 0 Å². The molecule has 0 bridgehead atoms. The molecule has 1 saturated heterocycles. The van der Waals surface area contributed by atoms with E-state index in [2.05, 4.69) is 0 Å². The first-order valence-electron chi connectivity index (χ1n) is 6.51. The molecular formula is C15H17NO3S. The van der Waals surface area contributed by atoms with E-state index in [1.165, 1.54) is 4.31 Å². The maximum absolute atomic E-state index is 12.5. The van der Waals surface area contributed by atoms with Gasteiger partial charge in [0, 0.05) is 13.1 Å². The molecule has 1 aliphatic carbocycles. The van der Waals surface area contributed by atoms with E-state index in [4.69, 9.17) is 0 Å². The van der Waals surface area contributed by atoms with Gasteiger partial charge in [0.15, 0.2) is 0 Å². The molecule has 1 aromatic carbocycles. The Morgan fingerprint density at radius 3 is 2.10 bits per heavy atom. The summed E-state index contributed by atoms with van der Waals surface area (Å²) in [7, 11) is -3.46. The molecule has 1 aliphatic heterocycles. The average molecular weight is 291 g/mol. The van der Waals surface area contributed by atoms with E-state index in [0.717, 1.165) is 16.7 Å². The fourth-order valence-corrected chi connectivity index (χ4v) is 4.09. The number of sulfonamides is 1. The van der Waals surface area contributed by atoms with Crippen molar-refractivity contribution in [1.29, 1.82) is 0 Å². The summed E-state index contributed by atoms with van der Waals surface area (Å²) >= 11 is 0. The van der Waals surface area contributed by atoms with E-state index < -0.39 is 15.6 Å². The zero-order valence-electron chi connectivity index (χ0n) is 11.5. The van der Waals surface area contributed by atoms with Crippen molar-refractivity contribution in [2.24, 2.45) is 0 Å². The van der Waals surface area contributed by atoms with E-state index in [0.29, 0.717) is 18.0 Å². The topological polar surface area (TPSA) is 57.6 Å². The van der Waals surface area contributed by atoms with E-state index in [9.17, 15) is 13.5 Å². The Morgan fingerprint density at radius 1 is 1.10 bits per heavy atom. The third kappa shape index (κ3) is 2.22. The van der Waals surface area contributed by atoms with Gasteiger partial charge in [-0.1, -0.05) is 17.7 Å². The molecular weight excluding hydrogens is 274 g/mol.